The molecule has 2 aromatic heterocycles. The molecule has 0 aliphatic rings. The van der Waals surface area contributed by atoms with Crippen LogP contribution >= 0.6 is 11.3 Å². The smallest absolute Gasteiger partial charge is 0.169 e. The summed E-state index contributed by atoms with van der Waals surface area (Å²) in [7, 11) is 0. The predicted octanol–water partition coefficient (Wildman–Crippen LogP) is 2.14. The minimum absolute atomic E-state index is 0.100. The summed E-state index contributed by atoms with van der Waals surface area (Å²) in [6.45, 7) is 1.57. The van der Waals surface area contributed by atoms with Crippen LogP contribution in [-0.4, -0.2) is 15.6 Å². The summed E-state index contributed by atoms with van der Waals surface area (Å²) in [4.78, 5) is 11.8. The number of Topliss-reactive ketones (excluding diaryl/α,β-unsaturated/α-hetero) is 1. The molecule has 3 nitrogen and oxygen atoms in total. The van der Waals surface area contributed by atoms with E-state index in [4.69, 9.17) is 0 Å². The standard InChI is InChI=1S/C9H8N2OS/c1-7(12)9-5-8(6-13-9)11-4-2-3-10-11/h2-6H,1H3. The summed E-state index contributed by atoms with van der Waals surface area (Å²) >= 11 is 1.45. The molecule has 0 amide bonds. The Morgan fingerprint density at radius 3 is 3.00 bits per heavy atom. The molecule has 0 radical (unpaired) electrons. The van der Waals surface area contributed by atoms with Crippen LogP contribution in [0.2, 0.25) is 0 Å². The first-order valence-electron chi connectivity index (χ1n) is 3.87. The van der Waals surface area contributed by atoms with Crippen molar-refractivity contribution in [3.63, 3.8) is 0 Å². The molecular formula is C9H8N2OS. The maximum atomic E-state index is 11.0. The lowest BCUT2D eigenvalue weighted by atomic mass is 10.3. The zero-order chi connectivity index (χ0) is 9.26. The molecule has 2 rings (SSSR count). The number of rotatable bonds is 2. The third-order valence-corrected chi connectivity index (χ3v) is 2.72. The number of nitrogens with zero attached hydrogens (tertiary/aromatic N) is 2. The molecule has 0 unspecified atom stereocenters. The zero-order valence-electron chi connectivity index (χ0n) is 7.10. The Kier molecular flexibility index (Phi) is 1.98. The highest BCUT2D eigenvalue weighted by molar-refractivity contribution is 7.12. The van der Waals surface area contributed by atoms with Gasteiger partial charge in [0.1, 0.15) is 0 Å². The van der Waals surface area contributed by atoms with Gasteiger partial charge in [0.15, 0.2) is 5.78 Å². The number of aromatic nitrogens is 2. The van der Waals surface area contributed by atoms with Gasteiger partial charge in [-0.05, 0) is 19.1 Å². The van der Waals surface area contributed by atoms with E-state index in [1.807, 2.05) is 23.7 Å². The highest BCUT2D eigenvalue weighted by atomic mass is 32.1. The number of hydrogen-bond acceptors (Lipinski definition) is 3. The summed E-state index contributed by atoms with van der Waals surface area (Å²) < 4.78 is 1.74. The Bertz CT molecular complexity index is 417. The van der Waals surface area contributed by atoms with Gasteiger partial charge in [0.2, 0.25) is 0 Å². The fraction of sp³-hybridized carbons (Fsp3) is 0.111. The highest BCUT2D eigenvalue weighted by Gasteiger charge is 2.04. The monoisotopic (exact) mass is 192 g/mol. The van der Waals surface area contributed by atoms with Gasteiger partial charge in [-0.15, -0.1) is 11.3 Å². The molecule has 13 heavy (non-hydrogen) atoms. The average molecular weight is 192 g/mol. The SMILES string of the molecule is CC(=O)c1cc(-n2cccn2)cs1. The minimum Gasteiger partial charge on any atom is -0.294 e. The van der Waals surface area contributed by atoms with Crippen LogP contribution < -0.4 is 0 Å². The summed E-state index contributed by atoms with van der Waals surface area (Å²) in [6, 6.07) is 3.70. The lowest BCUT2D eigenvalue weighted by Gasteiger charge is -1.93. The molecule has 2 heterocycles. The lowest BCUT2D eigenvalue weighted by molar-refractivity contribution is 0.102. The fourth-order valence-corrected chi connectivity index (χ4v) is 1.83. The van der Waals surface area contributed by atoms with Gasteiger partial charge >= 0.3 is 0 Å². The summed E-state index contributed by atoms with van der Waals surface area (Å²) in [5.74, 6) is 0.100. The molecule has 0 saturated carbocycles. The molecular weight excluding hydrogens is 184 g/mol. The van der Waals surface area contributed by atoms with Crippen LogP contribution in [0.15, 0.2) is 29.9 Å². The van der Waals surface area contributed by atoms with Crippen molar-refractivity contribution in [3.8, 4) is 5.69 Å². The van der Waals surface area contributed by atoms with Gasteiger partial charge in [0.05, 0.1) is 10.6 Å². The van der Waals surface area contributed by atoms with Crippen molar-refractivity contribution in [2.45, 2.75) is 6.92 Å². The molecule has 0 aromatic carbocycles. The predicted molar refractivity (Wildman–Crippen MR) is 51.4 cm³/mol. The van der Waals surface area contributed by atoms with Gasteiger partial charge in [-0.3, -0.25) is 4.79 Å². The molecule has 2 aromatic rings. The Morgan fingerprint density at radius 2 is 2.46 bits per heavy atom. The topological polar surface area (TPSA) is 34.9 Å². The molecule has 66 valence electrons. The average Bonchev–Trinajstić information content (AvgIpc) is 2.75. The molecule has 0 N–H and O–H groups in total. The summed E-state index contributed by atoms with van der Waals surface area (Å²) in [5, 5.41) is 5.99. The first-order chi connectivity index (χ1) is 6.27. The molecule has 0 bridgehead atoms. The Hall–Kier alpha value is -1.42. The summed E-state index contributed by atoms with van der Waals surface area (Å²) in [5.41, 5.74) is 0.945. The van der Waals surface area contributed by atoms with Crippen molar-refractivity contribution in [1.29, 1.82) is 0 Å². The largest absolute Gasteiger partial charge is 0.294 e. The van der Waals surface area contributed by atoms with Crippen molar-refractivity contribution in [2.75, 3.05) is 0 Å². The van der Waals surface area contributed by atoms with Crippen LogP contribution in [0.3, 0.4) is 0 Å². The third kappa shape index (κ3) is 1.53. The van der Waals surface area contributed by atoms with Gasteiger partial charge in [-0.1, -0.05) is 0 Å². The van der Waals surface area contributed by atoms with E-state index in [0.717, 1.165) is 10.6 Å². The van der Waals surface area contributed by atoms with E-state index in [1.54, 1.807) is 17.8 Å². The van der Waals surface area contributed by atoms with Crippen molar-refractivity contribution in [1.82, 2.24) is 9.78 Å². The van der Waals surface area contributed by atoms with E-state index < -0.39 is 0 Å². The molecule has 0 saturated heterocycles. The minimum atomic E-state index is 0.100. The third-order valence-electron chi connectivity index (χ3n) is 1.70. The lowest BCUT2D eigenvalue weighted by Crippen LogP contribution is -1.91. The molecule has 0 atom stereocenters. The number of ketones is 1. The van der Waals surface area contributed by atoms with Crippen LogP contribution in [0.4, 0.5) is 0 Å². The normalized spacial score (nSPS) is 10.2. The second-order valence-electron chi connectivity index (χ2n) is 2.68. The first kappa shape index (κ1) is 8.19. The van der Waals surface area contributed by atoms with Gasteiger partial charge in [0.25, 0.3) is 0 Å². The van der Waals surface area contributed by atoms with Crippen LogP contribution in [-0.2, 0) is 0 Å². The Balaban J connectivity index is 2.39. The molecule has 0 aliphatic heterocycles. The van der Waals surface area contributed by atoms with Gasteiger partial charge in [0, 0.05) is 17.8 Å². The fourth-order valence-electron chi connectivity index (χ4n) is 1.05. The number of carbonyl (C=O) groups is 1. The summed E-state index contributed by atoms with van der Waals surface area (Å²) in [6.07, 6.45) is 3.57. The van der Waals surface area contributed by atoms with Crippen molar-refractivity contribution in [2.24, 2.45) is 0 Å². The molecule has 0 aliphatic carbocycles. The van der Waals surface area contributed by atoms with Crippen molar-refractivity contribution in [3.05, 3.63) is 34.8 Å². The molecule has 0 fully saturated rings. The second-order valence-corrected chi connectivity index (χ2v) is 3.59. The van der Waals surface area contributed by atoms with Crippen molar-refractivity contribution >= 4 is 17.1 Å². The Labute approximate surface area is 79.6 Å². The van der Waals surface area contributed by atoms with E-state index in [-0.39, 0.29) is 5.78 Å². The number of carbonyl (C=O) groups excluding carboxylic acids is 1. The van der Waals surface area contributed by atoms with Gasteiger partial charge in [-0.25, -0.2) is 4.68 Å². The van der Waals surface area contributed by atoms with E-state index in [9.17, 15) is 4.79 Å². The maximum absolute atomic E-state index is 11.0. The van der Waals surface area contributed by atoms with Gasteiger partial charge < -0.3 is 0 Å². The van der Waals surface area contributed by atoms with Gasteiger partial charge in [-0.2, -0.15) is 5.10 Å². The quantitative estimate of drug-likeness (QED) is 0.683. The van der Waals surface area contributed by atoms with Crippen LogP contribution in [0.25, 0.3) is 5.69 Å². The van der Waals surface area contributed by atoms with E-state index in [1.165, 1.54) is 11.3 Å². The Morgan fingerprint density at radius 1 is 1.62 bits per heavy atom. The van der Waals surface area contributed by atoms with Crippen molar-refractivity contribution < 1.29 is 4.79 Å². The zero-order valence-corrected chi connectivity index (χ0v) is 7.91. The van der Waals surface area contributed by atoms with Crippen LogP contribution in [0.1, 0.15) is 16.6 Å². The van der Waals surface area contributed by atoms with E-state index in [2.05, 4.69) is 5.10 Å². The van der Waals surface area contributed by atoms with Crippen LogP contribution in [0.5, 0.6) is 0 Å². The number of thiophene rings is 1. The maximum Gasteiger partial charge on any atom is 0.169 e. The first-order valence-corrected chi connectivity index (χ1v) is 4.75. The molecule has 4 heteroatoms. The number of hydrogen-bond donors (Lipinski definition) is 0. The van der Waals surface area contributed by atoms with Crippen LogP contribution in [0, 0.1) is 0 Å². The molecule has 0 spiro atoms. The highest BCUT2D eigenvalue weighted by Crippen LogP contribution is 2.17. The second kappa shape index (κ2) is 3.14. The van der Waals surface area contributed by atoms with E-state index in [0.29, 0.717) is 0 Å². The van der Waals surface area contributed by atoms with E-state index >= 15 is 0 Å².